The number of halogens is 3. The molecule has 106 valence electrons. The molecule has 0 spiro atoms. The molecule has 0 atom stereocenters. The molecule has 4 nitrogen and oxygen atoms in total. The molecule has 0 bridgehead atoms. The number of carbonyl (C=O) groups is 1. The van der Waals surface area contributed by atoms with Crippen LogP contribution >= 0.6 is 0 Å². The summed E-state index contributed by atoms with van der Waals surface area (Å²) in [6, 6.07) is 1.63. The highest BCUT2D eigenvalue weighted by Crippen LogP contribution is 2.17. The van der Waals surface area contributed by atoms with E-state index >= 15 is 0 Å². The maximum atomic E-state index is 13.5. The second-order valence-corrected chi connectivity index (χ2v) is 4.54. The van der Waals surface area contributed by atoms with E-state index in [0.29, 0.717) is 5.82 Å². The van der Waals surface area contributed by atoms with Crippen molar-refractivity contribution in [2.45, 2.75) is 26.3 Å². The van der Waals surface area contributed by atoms with Crippen LogP contribution in [0.2, 0.25) is 0 Å². The topological polar surface area (TPSA) is 47.8 Å². The van der Waals surface area contributed by atoms with E-state index < -0.39 is 28.8 Å². The third-order valence-electron chi connectivity index (χ3n) is 2.79. The SMILES string of the molecule is CC(C)n1ncnc1CC(=O)c1ccc(F)c(F)c1F. The first-order valence-corrected chi connectivity index (χ1v) is 5.97. The standard InChI is InChI=1S/C13H12F3N3O/c1-7(2)19-11(17-6-18-19)5-10(20)8-3-4-9(14)13(16)12(8)15/h3-4,6-7H,5H2,1-2H3. The Labute approximate surface area is 113 Å². The van der Waals surface area contributed by atoms with Crippen molar-refractivity contribution in [3.63, 3.8) is 0 Å². The fourth-order valence-corrected chi connectivity index (χ4v) is 1.81. The molecule has 0 aliphatic heterocycles. The summed E-state index contributed by atoms with van der Waals surface area (Å²) in [7, 11) is 0. The van der Waals surface area contributed by atoms with Crippen molar-refractivity contribution in [1.82, 2.24) is 14.8 Å². The maximum absolute atomic E-state index is 13.5. The molecule has 1 heterocycles. The largest absolute Gasteiger partial charge is 0.294 e. The summed E-state index contributed by atoms with van der Waals surface area (Å²) in [5.41, 5.74) is -0.498. The Morgan fingerprint density at radius 1 is 1.25 bits per heavy atom. The van der Waals surface area contributed by atoms with E-state index in [1.165, 1.54) is 11.0 Å². The minimum Gasteiger partial charge on any atom is -0.294 e. The Morgan fingerprint density at radius 3 is 2.60 bits per heavy atom. The van der Waals surface area contributed by atoms with Crippen LogP contribution in [-0.4, -0.2) is 20.5 Å². The molecule has 2 aromatic rings. The molecular formula is C13H12F3N3O. The Kier molecular flexibility index (Phi) is 3.87. The van der Waals surface area contributed by atoms with Gasteiger partial charge in [0, 0.05) is 6.04 Å². The lowest BCUT2D eigenvalue weighted by Gasteiger charge is -2.09. The zero-order valence-corrected chi connectivity index (χ0v) is 10.9. The van der Waals surface area contributed by atoms with E-state index in [0.717, 1.165) is 12.1 Å². The van der Waals surface area contributed by atoms with Crippen LogP contribution in [0, 0.1) is 17.5 Å². The molecule has 0 radical (unpaired) electrons. The third-order valence-corrected chi connectivity index (χ3v) is 2.79. The molecule has 0 saturated heterocycles. The van der Waals surface area contributed by atoms with Crippen LogP contribution in [0.1, 0.15) is 36.1 Å². The molecule has 0 amide bonds. The predicted octanol–water partition coefficient (Wildman–Crippen LogP) is 2.70. The van der Waals surface area contributed by atoms with Crippen molar-refractivity contribution in [2.24, 2.45) is 0 Å². The maximum Gasteiger partial charge on any atom is 0.195 e. The zero-order chi connectivity index (χ0) is 14.9. The monoisotopic (exact) mass is 283 g/mol. The molecule has 7 heteroatoms. The second-order valence-electron chi connectivity index (χ2n) is 4.54. The fourth-order valence-electron chi connectivity index (χ4n) is 1.81. The highest BCUT2D eigenvalue weighted by atomic mass is 19.2. The lowest BCUT2D eigenvalue weighted by Crippen LogP contribution is -2.15. The zero-order valence-electron chi connectivity index (χ0n) is 10.9. The van der Waals surface area contributed by atoms with Crippen molar-refractivity contribution >= 4 is 5.78 Å². The van der Waals surface area contributed by atoms with Crippen LogP contribution in [0.15, 0.2) is 18.5 Å². The summed E-state index contributed by atoms with van der Waals surface area (Å²) >= 11 is 0. The Balaban J connectivity index is 2.29. The van der Waals surface area contributed by atoms with Crippen LogP contribution in [-0.2, 0) is 6.42 Å². The fraction of sp³-hybridized carbons (Fsp3) is 0.308. The molecule has 0 fully saturated rings. The number of benzene rings is 1. The smallest absolute Gasteiger partial charge is 0.195 e. The predicted molar refractivity (Wildman–Crippen MR) is 64.8 cm³/mol. The number of carbonyl (C=O) groups excluding carboxylic acids is 1. The van der Waals surface area contributed by atoms with Crippen molar-refractivity contribution < 1.29 is 18.0 Å². The number of rotatable bonds is 4. The molecule has 0 saturated carbocycles. The first-order chi connectivity index (χ1) is 9.41. The van der Waals surface area contributed by atoms with Gasteiger partial charge in [-0.25, -0.2) is 22.8 Å². The summed E-state index contributed by atoms with van der Waals surface area (Å²) < 4.78 is 41.0. The number of Topliss-reactive ketones (excluding diaryl/α,β-unsaturated/α-hetero) is 1. The molecule has 0 N–H and O–H groups in total. The minimum atomic E-state index is -1.65. The lowest BCUT2D eigenvalue weighted by atomic mass is 10.1. The van der Waals surface area contributed by atoms with Gasteiger partial charge in [-0.05, 0) is 26.0 Å². The van der Waals surface area contributed by atoms with Gasteiger partial charge in [-0.15, -0.1) is 0 Å². The first kappa shape index (κ1) is 14.2. The summed E-state index contributed by atoms with van der Waals surface area (Å²) in [4.78, 5) is 15.9. The second kappa shape index (κ2) is 5.44. The van der Waals surface area contributed by atoms with Crippen LogP contribution < -0.4 is 0 Å². The average Bonchev–Trinajstić information content (AvgIpc) is 2.84. The summed E-state index contributed by atoms with van der Waals surface area (Å²) in [6.45, 7) is 3.70. The molecule has 0 aliphatic rings. The first-order valence-electron chi connectivity index (χ1n) is 5.97. The Morgan fingerprint density at radius 2 is 1.95 bits per heavy atom. The molecule has 0 aliphatic carbocycles. The summed E-state index contributed by atoms with van der Waals surface area (Å²) in [5.74, 6) is -4.80. The van der Waals surface area contributed by atoms with Gasteiger partial charge in [0.05, 0.1) is 12.0 Å². The summed E-state index contributed by atoms with van der Waals surface area (Å²) in [6.07, 6.45) is 1.05. The number of ketones is 1. The highest BCUT2D eigenvalue weighted by molar-refractivity contribution is 5.97. The highest BCUT2D eigenvalue weighted by Gasteiger charge is 2.21. The normalized spacial score (nSPS) is 11.1. The Bertz CT molecular complexity index is 652. The van der Waals surface area contributed by atoms with Gasteiger partial charge in [0.2, 0.25) is 0 Å². The van der Waals surface area contributed by atoms with E-state index in [-0.39, 0.29) is 12.5 Å². The van der Waals surface area contributed by atoms with Crippen molar-refractivity contribution in [3.05, 3.63) is 47.3 Å². The molecule has 2 rings (SSSR count). The third kappa shape index (κ3) is 2.56. The van der Waals surface area contributed by atoms with Gasteiger partial charge in [-0.1, -0.05) is 0 Å². The molecular weight excluding hydrogens is 271 g/mol. The number of nitrogens with zero attached hydrogens (tertiary/aromatic N) is 3. The van der Waals surface area contributed by atoms with Gasteiger partial charge in [0.15, 0.2) is 23.2 Å². The molecule has 0 unspecified atom stereocenters. The lowest BCUT2D eigenvalue weighted by molar-refractivity contribution is 0.0984. The molecule has 1 aromatic heterocycles. The van der Waals surface area contributed by atoms with Gasteiger partial charge in [0.25, 0.3) is 0 Å². The summed E-state index contributed by atoms with van der Waals surface area (Å²) in [5, 5.41) is 3.94. The van der Waals surface area contributed by atoms with Gasteiger partial charge >= 0.3 is 0 Å². The van der Waals surface area contributed by atoms with E-state index in [4.69, 9.17) is 0 Å². The Hall–Kier alpha value is -2.18. The number of hydrogen-bond donors (Lipinski definition) is 0. The molecule has 1 aromatic carbocycles. The van der Waals surface area contributed by atoms with Gasteiger partial charge in [0.1, 0.15) is 12.2 Å². The average molecular weight is 283 g/mol. The van der Waals surface area contributed by atoms with Crippen molar-refractivity contribution in [3.8, 4) is 0 Å². The van der Waals surface area contributed by atoms with E-state index in [9.17, 15) is 18.0 Å². The van der Waals surface area contributed by atoms with Crippen LogP contribution in [0.4, 0.5) is 13.2 Å². The van der Waals surface area contributed by atoms with Crippen LogP contribution in [0.3, 0.4) is 0 Å². The van der Waals surface area contributed by atoms with E-state index in [1.54, 1.807) is 0 Å². The van der Waals surface area contributed by atoms with E-state index in [1.807, 2.05) is 13.8 Å². The van der Waals surface area contributed by atoms with Gasteiger partial charge in [-0.2, -0.15) is 5.10 Å². The van der Waals surface area contributed by atoms with Crippen molar-refractivity contribution in [2.75, 3.05) is 0 Å². The molecule has 20 heavy (non-hydrogen) atoms. The van der Waals surface area contributed by atoms with E-state index in [2.05, 4.69) is 10.1 Å². The quantitative estimate of drug-likeness (QED) is 0.640. The van der Waals surface area contributed by atoms with Gasteiger partial charge in [-0.3, -0.25) is 4.79 Å². The van der Waals surface area contributed by atoms with Gasteiger partial charge < -0.3 is 0 Å². The minimum absolute atomic E-state index is 0.0184. The number of aromatic nitrogens is 3. The van der Waals surface area contributed by atoms with Crippen LogP contribution in [0.5, 0.6) is 0 Å². The van der Waals surface area contributed by atoms with Crippen LogP contribution in [0.25, 0.3) is 0 Å². The van der Waals surface area contributed by atoms with Crippen molar-refractivity contribution in [1.29, 1.82) is 0 Å². The number of hydrogen-bond acceptors (Lipinski definition) is 3.